The van der Waals surface area contributed by atoms with Gasteiger partial charge in [0.15, 0.2) is 0 Å². The third-order valence-corrected chi connectivity index (χ3v) is 2.05. The van der Waals surface area contributed by atoms with E-state index in [1.165, 1.54) is 0 Å². The first-order valence-corrected chi connectivity index (χ1v) is 4.28. The third-order valence-electron chi connectivity index (χ3n) is 2.05. The SMILES string of the molecule is NCC(O)C(O)c1cc(F)cc(F)c1N. The van der Waals surface area contributed by atoms with E-state index in [4.69, 9.17) is 11.5 Å². The standard InChI is InChI=1S/C9H12F2N2O2/c10-4-1-5(8(13)6(11)2-4)9(15)7(14)3-12/h1-2,7,9,14-15H,3,12-13H2. The molecule has 0 saturated heterocycles. The van der Waals surface area contributed by atoms with Crippen LogP contribution in [0.4, 0.5) is 14.5 Å². The largest absolute Gasteiger partial charge is 0.396 e. The van der Waals surface area contributed by atoms with Crippen LogP contribution in [-0.4, -0.2) is 22.9 Å². The Morgan fingerprint density at radius 3 is 2.40 bits per heavy atom. The first-order chi connectivity index (χ1) is 6.97. The predicted octanol–water partition coefficient (Wildman–Crippen LogP) is -0.100. The van der Waals surface area contributed by atoms with Crippen molar-refractivity contribution < 1.29 is 19.0 Å². The Morgan fingerprint density at radius 1 is 1.27 bits per heavy atom. The Bertz CT molecular complexity index is 360. The Labute approximate surface area is 85.1 Å². The lowest BCUT2D eigenvalue weighted by atomic mass is 10.0. The number of hydrogen-bond acceptors (Lipinski definition) is 4. The molecule has 0 amide bonds. The van der Waals surface area contributed by atoms with Crippen LogP contribution >= 0.6 is 0 Å². The van der Waals surface area contributed by atoms with Gasteiger partial charge in [0, 0.05) is 18.2 Å². The average Bonchev–Trinajstić information content (AvgIpc) is 2.21. The minimum Gasteiger partial charge on any atom is -0.396 e. The lowest BCUT2D eigenvalue weighted by Gasteiger charge is -2.18. The van der Waals surface area contributed by atoms with Gasteiger partial charge in [-0.15, -0.1) is 0 Å². The van der Waals surface area contributed by atoms with Crippen LogP contribution in [0.5, 0.6) is 0 Å². The van der Waals surface area contributed by atoms with Gasteiger partial charge in [-0.2, -0.15) is 0 Å². The zero-order valence-electron chi connectivity index (χ0n) is 7.82. The monoisotopic (exact) mass is 218 g/mol. The van der Waals surface area contributed by atoms with Gasteiger partial charge in [-0.05, 0) is 6.07 Å². The summed E-state index contributed by atoms with van der Waals surface area (Å²) in [5, 5.41) is 18.7. The number of aliphatic hydroxyl groups excluding tert-OH is 2. The summed E-state index contributed by atoms with van der Waals surface area (Å²) in [5.74, 6) is -1.85. The molecular weight excluding hydrogens is 206 g/mol. The van der Waals surface area contributed by atoms with E-state index in [-0.39, 0.29) is 12.1 Å². The maximum Gasteiger partial charge on any atom is 0.149 e. The van der Waals surface area contributed by atoms with Crippen molar-refractivity contribution in [2.45, 2.75) is 12.2 Å². The van der Waals surface area contributed by atoms with E-state index in [2.05, 4.69) is 0 Å². The lowest BCUT2D eigenvalue weighted by molar-refractivity contribution is 0.0245. The van der Waals surface area contributed by atoms with Gasteiger partial charge in [-0.1, -0.05) is 0 Å². The molecule has 1 aromatic rings. The van der Waals surface area contributed by atoms with E-state index in [1.807, 2.05) is 0 Å². The maximum atomic E-state index is 13.0. The van der Waals surface area contributed by atoms with Crippen LogP contribution in [-0.2, 0) is 0 Å². The minimum absolute atomic E-state index is 0.203. The van der Waals surface area contributed by atoms with E-state index in [0.29, 0.717) is 6.07 Å². The zero-order valence-corrected chi connectivity index (χ0v) is 7.82. The van der Waals surface area contributed by atoms with Crippen molar-refractivity contribution in [3.63, 3.8) is 0 Å². The highest BCUT2D eigenvalue weighted by Gasteiger charge is 2.21. The number of aliphatic hydroxyl groups is 2. The molecule has 0 spiro atoms. The first kappa shape index (κ1) is 11.8. The Kier molecular flexibility index (Phi) is 3.57. The molecule has 0 aromatic heterocycles. The molecule has 0 aliphatic heterocycles. The Hall–Kier alpha value is -1.24. The van der Waals surface area contributed by atoms with E-state index < -0.39 is 29.5 Å². The van der Waals surface area contributed by atoms with Crippen molar-refractivity contribution in [1.82, 2.24) is 0 Å². The molecule has 0 fully saturated rings. The first-order valence-electron chi connectivity index (χ1n) is 4.28. The topological polar surface area (TPSA) is 92.5 Å². The second-order valence-electron chi connectivity index (χ2n) is 3.14. The predicted molar refractivity (Wildman–Crippen MR) is 50.8 cm³/mol. The molecule has 2 atom stereocenters. The quantitative estimate of drug-likeness (QED) is 0.533. The summed E-state index contributed by atoms with van der Waals surface area (Å²) in [7, 11) is 0. The van der Waals surface area contributed by atoms with Gasteiger partial charge in [0.1, 0.15) is 17.7 Å². The molecule has 1 aromatic carbocycles. The van der Waals surface area contributed by atoms with Gasteiger partial charge in [-0.3, -0.25) is 0 Å². The fourth-order valence-corrected chi connectivity index (χ4v) is 1.19. The van der Waals surface area contributed by atoms with Crippen molar-refractivity contribution in [2.75, 3.05) is 12.3 Å². The summed E-state index contributed by atoms with van der Waals surface area (Å²) in [6.07, 6.45) is -2.81. The molecule has 6 heteroatoms. The number of rotatable bonds is 3. The van der Waals surface area contributed by atoms with E-state index in [1.54, 1.807) is 0 Å². The smallest absolute Gasteiger partial charge is 0.149 e. The average molecular weight is 218 g/mol. The molecule has 84 valence electrons. The van der Waals surface area contributed by atoms with Crippen LogP contribution in [0.2, 0.25) is 0 Å². The van der Waals surface area contributed by atoms with Crippen LogP contribution in [0.1, 0.15) is 11.7 Å². The Balaban J connectivity index is 3.13. The zero-order chi connectivity index (χ0) is 11.6. The molecule has 0 heterocycles. The maximum absolute atomic E-state index is 13.0. The van der Waals surface area contributed by atoms with Crippen LogP contribution < -0.4 is 11.5 Å². The van der Waals surface area contributed by atoms with Gasteiger partial charge in [0.05, 0.1) is 11.8 Å². The molecular formula is C9H12F2N2O2. The summed E-state index contributed by atoms with van der Waals surface area (Å²) in [6.45, 7) is -0.237. The second-order valence-corrected chi connectivity index (χ2v) is 3.14. The van der Waals surface area contributed by atoms with Gasteiger partial charge in [0.25, 0.3) is 0 Å². The van der Waals surface area contributed by atoms with Crippen LogP contribution in [0.3, 0.4) is 0 Å². The van der Waals surface area contributed by atoms with Crippen LogP contribution in [0, 0.1) is 11.6 Å². The van der Waals surface area contributed by atoms with Gasteiger partial charge in [0.2, 0.25) is 0 Å². The summed E-state index contributed by atoms with van der Waals surface area (Å²) in [5.41, 5.74) is 9.79. The summed E-state index contributed by atoms with van der Waals surface area (Å²) < 4.78 is 25.8. The highest BCUT2D eigenvalue weighted by Crippen LogP contribution is 2.26. The fourth-order valence-electron chi connectivity index (χ4n) is 1.19. The molecule has 0 radical (unpaired) electrons. The van der Waals surface area contributed by atoms with E-state index in [0.717, 1.165) is 6.07 Å². The van der Waals surface area contributed by atoms with E-state index >= 15 is 0 Å². The number of halogens is 2. The molecule has 6 N–H and O–H groups in total. The second kappa shape index (κ2) is 4.52. The van der Waals surface area contributed by atoms with Gasteiger partial charge < -0.3 is 21.7 Å². The van der Waals surface area contributed by atoms with Crippen LogP contribution in [0.15, 0.2) is 12.1 Å². The minimum atomic E-state index is -1.50. The molecule has 0 aliphatic rings. The molecule has 0 bridgehead atoms. The molecule has 15 heavy (non-hydrogen) atoms. The Morgan fingerprint density at radius 2 is 1.87 bits per heavy atom. The summed E-state index contributed by atoms with van der Waals surface area (Å²) in [4.78, 5) is 0. The summed E-state index contributed by atoms with van der Waals surface area (Å²) in [6, 6.07) is 1.46. The van der Waals surface area contributed by atoms with Crippen molar-refractivity contribution in [3.8, 4) is 0 Å². The number of hydrogen-bond donors (Lipinski definition) is 4. The van der Waals surface area contributed by atoms with Crippen molar-refractivity contribution in [2.24, 2.45) is 5.73 Å². The molecule has 4 nitrogen and oxygen atoms in total. The number of anilines is 1. The molecule has 2 unspecified atom stereocenters. The lowest BCUT2D eigenvalue weighted by Crippen LogP contribution is -2.28. The fraction of sp³-hybridized carbons (Fsp3) is 0.333. The van der Waals surface area contributed by atoms with Crippen LogP contribution in [0.25, 0.3) is 0 Å². The number of nitrogens with two attached hydrogens (primary N) is 2. The van der Waals surface area contributed by atoms with Crippen molar-refractivity contribution in [1.29, 1.82) is 0 Å². The number of nitrogen functional groups attached to an aromatic ring is 1. The summed E-state index contributed by atoms with van der Waals surface area (Å²) >= 11 is 0. The van der Waals surface area contributed by atoms with Gasteiger partial charge >= 0.3 is 0 Å². The van der Waals surface area contributed by atoms with E-state index in [9.17, 15) is 19.0 Å². The highest BCUT2D eigenvalue weighted by molar-refractivity contribution is 5.49. The third kappa shape index (κ3) is 2.41. The molecule has 0 aliphatic carbocycles. The highest BCUT2D eigenvalue weighted by atomic mass is 19.1. The van der Waals surface area contributed by atoms with Gasteiger partial charge in [-0.25, -0.2) is 8.78 Å². The van der Waals surface area contributed by atoms with Crippen molar-refractivity contribution >= 4 is 5.69 Å². The molecule has 1 rings (SSSR count). The van der Waals surface area contributed by atoms with Crippen molar-refractivity contribution in [3.05, 3.63) is 29.3 Å². The number of benzene rings is 1. The molecule has 0 saturated carbocycles. The normalized spacial score (nSPS) is 15.0.